The lowest BCUT2D eigenvalue weighted by Crippen LogP contribution is -2.30. The van der Waals surface area contributed by atoms with Crippen molar-refractivity contribution in [2.45, 2.75) is 20.3 Å². The molecule has 1 aromatic rings. The first kappa shape index (κ1) is 10.9. The summed E-state index contributed by atoms with van der Waals surface area (Å²) < 4.78 is 0. The van der Waals surface area contributed by atoms with E-state index in [1.54, 1.807) is 6.92 Å². The van der Waals surface area contributed by atoms with E-state index < -0.39 is 0 Å². The maximum Gasteiger partial charge on any atom is 0.256 e. The van der Waals surface area contributed by atoms with Gasteiger partial charge in [0.2, 0.25) is 0 Å². The third-order valence-corrected chi connectivity index (χ3v) is 3.10. The molecule has 2 N–H and O–H groups in total. The second kappa shape index (κ2) is 4.12. The van der Waals surface area contributed by atoms with Crippen LogP contribution in [0.25, 0.3) is 0 Å². The average molecular weight is 220 g/mol. The van der Waals surface area contributed by atoms with Crippen LogP contribution in [0.1, 0.15) is 29.4 Å². The number of carbonyl (C=O) groups is 1. The molecule has 0 aliphatic heterocycles. The van der Waals surface area contributed by atoms with Gasteiger partial charge in [-0.1, -0.05) is 6.92 Å². The third kappa shape index (κ3) is 2.32. The fourth-order valence-corrected chi connectivity index (χ4v) is 1.75. The van der Waals surface area contributed by atoms with Crippen LogP contribution in [-0.2, 0) is 0 Å². The number of nitrogens with one attached hydrogen (secondary N) is 2. The number of rotatable bonds is 3. The Morgan fingerprint density at radius 1 is 1.62 bits per heavy atom. The summed E-state index contributed by atoms with van der Waals surface area (Å²) in [5.74, 6) is 1.02. The molecule has 0 spiro atoms. The highest BCUT2D eigenvalue weighted by Crippen LogP contribution is 2.36. The zero-order valence-corrected chi connectivity index (χ0v) is 9.54. The number of hydrogen-bond donors (Lipinski definition) is 2. The maximum absolute atomic E-state index is 11.7. The Kier molecular flexibility index (Phi) is 2.81. The molecule has 16 heavy (non-hydrogen) atoms. The van der Waals surface area contributed by atoms with Gasteiger partial charge in [-0.25, -0.2) is 0 Å². The van der Waals surface area contributed by atoms with E-state index in [0.717, 1.165) is 5.69 Å². The zero-order chi connectivity index (χ0) is 11.7. The largest absolute Gasteiger partial charge is 0.364 e. The first-order valence-electron chi connectivity index (χ1n) is 5.55. The summed E-state index contributed by atoms with van der Waals surface area (Å²) in [6, 6.07) is 1.44. The Hall–Kier alpha value is -1.58. The molecule has 1 fully saturated rings. The van der Waals surface area contributed by atoms with E-state index in [1.807, 2.05) is 0 Å². The van der Waals surface area contributed by atoms with Gasteiger partial charge in [-0.15, -0.1) is 0 Å². The SMILES string of the molecule is Cc1cc(=O)c(C(=O)NCC2CC2C)c[nH]1. The molecule has 1 aliphatic rings. The molecule has 0 bridgehead atoms. The van der Waals surface area contributed by atoms with Crippen LogP contribution in [-0.4, -0.2) is 17.4 Å². The first-order chi connectivity index (χ1) is 7.58. The van der Waals surface area contributed by atoms with Gasteiger partial charge in [-0.05, 0) is 25.2 Å². The Labute approximate surface area is 94.1 Å². The minimum Gasteiger partial charge on any atom is -0.364 e. The van der Waals surface area contributed by atoms with E-state index in [4.69, 9.17) is 0 Å². The fourth-order valence-electron chi connectivity index (χ4n) is 1.75. The highest BCUT2D eigenvalue weighted by atomic mass is 16.2. The quantitative estimate of drug-likeness (QED) is 0.800. The Bertz CT molecular complexity index is 464. The minimum absolute atomic E-state index is 0.193. The fraction of sp³-hybridized carbons (Fsp3) is 0.500. The molecule has 2 unspecified atom stereocenters. The molecule has 0 aromatic carbocycles. The summed E-state index contributed by atoms with van der Waals surface area (Å²) in [6.45, 7) is 4.62. The molecule has 2 atom stereocenters. The summed E-state index contributed by atoms with van der Waals surface area (Å²) in [7, 11) is 0. The van der Waals surface area contributed by atoms with Crippen LogP contribution < -0.4 is 10.7 Å². The van der Waals surface area contributed by atoms with E-state index in [0.29, 0.717) is 18.4 Å². The number of aromatic amines is 1. The summed E-state index contributed by atoms with van der Waals surface area (Å²) in [6.07, 6.45) is 2.65. The smallest absolute Gasteiger partial charge is 0.256 e. The van der Waals surface area contributed by atoms with Gasteiger partial charge in [-0.2, -0.15) is 0 Å². The first-order valence-corrected chi connectivity index (χ1v) is 5.55. The molecular formula is C12H16N2O2. The van der Waals surface area contributed by atoms with Crippen molar-refractivity contribution in [2.75, 3.05) is 6.54 Å². The molecule has 1 amide bonds. The Morgan fingerprint density at radius 2 is 2.31 bits per heavy atom. The maximum atomic E-state index is 11.7. The number of amides is 1. The lowest BCUT2D eigenvalue weighted by atomic mass is 10.2. The van der Waals surface area contributed by atoms with Gasteiger partial charge >= 0.3 is 0 Å². The number of pyridine rings is 1. The van der Waals surface area contributed by atoms with Crippen molar-refractivity contribution < 1.29 is 4.79 Å². The Balaban J connectivity index is 2.00. The van der Waals surface area contributed by atoms with Crippen molar-refractivity contribution in [1.82, 2.24) is 10.3 Å². The Morgan fingerprint density at radius 3 is 2.88 bits per heavy atom. The molecular weight excluding hydrogens is 204 g/mol. The average Bonchev–Trinajstić information content (AvgIpc) is 2.91. The molecule has 1 aromatic heterocycles. The van der Waals surface area contributed by atoms with Crippen LogP contribution in [0, 0.1) is 18.8 Å². The molecule has 4 heteroatoms. The van der Waals surface area contributed by atoms with Crippen molar-refractivity contribution in [3.8, 4) is 0 Å². The predicted molar refractivity (Wildman–Crippen MR) is 61.4 cm³/mol. The summed E-state index contributed by atoms with van der Waals surface area (Å²) >= 11 is 0. The summed E-state index contributed by atoms with van der Waals surface area (Å²) in [4.78, 5) is 26.1. The predicted octanol–water partition coefficient (Wildman–Crippen LogP) is 1.07. The van der Waals surface area contributed by atoms with Crippen LogP contribution in [0.3, 0.4) is 0 Å². The normalized spacial score (nSPS) is 22.9. The highest BCUT2D eigenvalue weighted by molar-refractivity contribution is 5.93. The number of carbonyl (C=O) groups excluding carboxylic acids is 1. The van der Waals surface area contributed by atoms with E-state index in [-0.39, 0.29) is 16.9 Å². The van der Waals surface area contributed by atoms with Crippen LogP contribution >= 0.6 is 0 Å². The van der Waals surface area contributed by atoms with E-state index >= 15 is 0 Å². The lowest BCUT2D eigenvalue weighted by Gasteiger charge is -2.03. The summed E-state index contributed by atoms with van der Waals surface area (Å²) in [5.41, 5.74) is 0.730. The second-order valence-electron chi connectivity index (χ2n) is 4.58. The van der Waals surface area contributed by atoms with Crippen LogP contribution in [0.15, 0.2) is 17.1 Å². The third-order valence-electron chi connectivity index (χ3n) is 3.10. The number of aromatic nitrogens is 1. The standard InChI is InChI=1S/C12H16N2O2/c1-7-3-9(7)5-14-12(16)10-6-13-8(2)4-11(10)15/h4,6-7,9H,3,5H2,1-2H3,(H,13,15)(H,14,16). The van der Waals surface area contributed by atoms with Gasteiger partial charge in [0.05, 0.1) is 0 Å². The molecule has 1 saturated carbocycles. The van der Waals surface area contributed by atoms with Gasteiger partial charge < -0.3 is 10.3 Å². The number of hydrogen-bond acceptors (Lipinski definition) is 2. The van der Waals surface area contributed by atoms with Gasteiger partial charge in [0.15, 0.2) is 5.43 Å². The van der Waals surface area contributed by atoms with Crippen LogP contribution in [0.4, 0.5) is 0 Å². The van der Waals surface area contributed by atoms with E-state index in [9.17, 15) is 9.59 Å². The topological polar surface area (TPSA) is 62.0 Å². The van der Waals surface area contributed by atoms with E-state index in [2.05, 4.69) is 17.2 Å². The highest BCUT2D eigenvalue weighted by Gasteiger charge is 2.32. The van der Waals surface area contributed by atoms with E-state index in [1.165, 1.54) is 18.7 Å². The van der Waals surface area contributed by atoms with Gasteiger partial charge in [0, 0.05) is 24.5 Å². The van der Waals surface area contributed by atoms with Crippen molar-refractivity contribution in [3.05, 3.63) is 33.7 Å². The molecule has 86 valence electrons. The number of aryl methyl sites for hydroxylation is 1. The lowest BCUT2D eigenvalue weighted by molar-refractivity contribution is 0.0950. The van der Waals surface area contributed by atoms with Crippen LogP contribution in [0.5, 0.6) is 0 Å². The molecule has 1 heterocycles. The van der Waals surface area contributed by atoms with Crippen molar-refractivity contribution in [3.63, 3.8) is 0 Å². The van der Waals surface area contributed by atoms with Crippen molar-refractivity contribution in [1.29, 1.82) is 0 Å². The van der Waals surface area contributed by atoms with Crippen molar-refractivity contribution >= 4 is 5.91 Å². The second-order valence-corrected chi connectivity index (χ2v) is 4.58. The van der Waals surface area contributed by atoms with Gasteiger partial charge in [-0.3, -0.25) is 9.59 Å². The molecule has 0 saturated heterocycles. The van der Waals surface area contributed by atoms with Gasteiger partial charge in [0.25, 0.3) is 5.91 Å². The number of H-pyrrole nitrogens is 1. The zero-order valence-electron chi connectivity index (χ0n) is 9.54. The summed E-state index contributed by atoms with van der Waals surface area (Å²) in [5, 5.41) is 2.79. The molecule has 4 nitrogen and oxygen atoms in total. The molecule has 1 aliphatic carbocycles. The van der Waals surface area contributed by atoms with Crippen LogP contribution in [0.2, 0.25) is 0 Å². The monoisotopic (exact) mass is 220 g/mol. The minimum atomic E-state index is -0.277. The van der Waals surface area contributed by atoms with Crippen molar-refractivity contribution in [2.24, 2.45) is 11.8 Å². The van der Waals surface area contributed by atoms with Gasteiger partial charge in [0.1, 0.15) is 5.56 Å². The molecule has 2 rings (SSSR count). The molecule has 0 radical (unpaired) electrons.